The molecule has 1 aliphatic rings. The lowest BCUT2D eigenvalue weighted by Crippen LogP contribution is -2.37. The first kappa shape index (κ1) is 16.0. The van der Waals surface area contributed by atoms with Gasteiger partial charge in [-0.3, -0.25) is 0 Å². The number of likely N-dealkylation sites (N-methyl/N-ethyl adjacent to an activating group) is 1. The fourth-order valence-electron chi connectivity index (χ4n) is 3.46. The molecule has 0 amide bonds. The van der Waals surface area contributed by atoms with Crippen LogP contribution in [-0.4, -0.2) is 35.6 Å². The molecule has 0 spiro atoms. The average molecular weight is 289 g/mol. The van der Waals surface area contributed by atoms with E-state index in [-0.39, 0.29) is 0 Å². The minimum absolute atomic E-state index is 0.445. The van der Waals surface area contributed by atoms with Gasteiger partial charge >= 0.3 is 5.97 Å². The van der Waals surface area contributed by atoms with Crippen molar-refractivity contribution in [2.24, 2.45) is 5.92 Å². The summed E-state index contributed by atoms with van der Waals surface area (Å²) < 4.78 is 0. The Morgan fingerprint density at radius 2 is 2.10 bits per heavy atom. The minimum atomic E-state index is -0.822. The Kier molecular flexibility index (Phi) is 5.80. The lowest BCUT2D eigenvalue weighted by molar-refractivity contribution is 0.0695. The van der Waals surface area contributed by atoms with Gasteiger partial charge in [-0.25, -0.2) is 4.79 Å². The highest BCUT2D eigenvalue weighted by atomic mass is 16.4. The van der Waals surface area contributed by atoms with Crippen molar-refractivity contribution in [3.63, 3.8) is 0 Å². The molecule has 0 aromatic heterocycles. The summed E-state index contributed by atoms with van der Waals surface area (Å²) >= 11 is 0. The van der Waals surface area contributed by atoms with E-state index in [0.29, 0.717) is 11.6 Å². The van der Waals surface area contributed by atoms with Crippen molar-refractivity contribution in [3.05, 3.63) is 35.4 Å². The number of carbonyl (C=O) groups is 1. The number of nitrogens with zero attached hydrogens (tertiary/aromatic N) is 1. The van der Waals surface area contributed by atoms with Crippen molar-refractivity contribution < 1.29 is 9.90 Å². The van der Waals surface area contributed by atoms with E-state index >= 15 is 0 Å². The van der Waals surface area contributed by atoms with Crippen molar-refractivity contribution in [3.8, 4) is 0 Å². The molecule has 1 aromatic rings. The number of benzene rings is 1. The molecule has 1 aromatic carbocycles. The van der Waals surface area contributed by atoms with E-state index in [4.69, 9.17) is 0 Å². The van der Waals surface area contributed by atoms with E-state index in [2.05, 4.69) is 18.9 Å². The summed E-state index contributed by atoms with van der Waals surface area (Å²) in [5, 5.41) is 9.23. The summed E-state index contributed by atoms with van der Waals surface area (Å²) in [5.41, 5.74) is 1.39. The Bertz CT molecular complexity index is 472. The molecule has 3 heteroatoms. The van der Waals surface area contributed by atoms with Gasteiger partial charge in [0.15, 0.2) is 0 Å². The zero-order valence-electron chi connectivity index (χ0n) is 13.2. The van der Waals surface area contributed by atoms with Gasteiger partial charge in [0.2, 0.25) is 0 Å². The van der Waals surface area contributed by atoms with Crippen LogP contribution in [-0.2, 0) is 6.42 Å². The Labute approximate surface area is 128 Å². The highest BCUT2D eigenvalue weighted by Crippen LogP contribution is 2.29. The van der Waals surface area contributed by atoms with Crippen molar-refractivity contribution >= 4 is 5.97 Å². The molecule has 1 N–H and O–H groups in total. The molecule has 21 heavy (non-hydrogen) atoms. The largest absolute Gasteiger partial charge is 0.478 e. The smallest absolute Gasteiger partial charge is 0.335 e. The van der Waals surface area contributed by atoms with Crippen molar-refractivity contribution in [2.45, 2.75) is 51.5 Å². The van der Waals surface area contributed by atoms with E-state index < -0.39 is 5.97 Å². The number of hydrogen-bond acceptors (Lipinski definition) is 2. The highest BCUT2D eigenvalue weighted by Gasteiger charge is 2.23. The van der Waals surface area contributed by atoms with Gasteiger partial charge in [0.1, 0.15) is 0 Å². The quantitative estimate of drug-likeness (QED) is 0.865. The minimum Gasteiger partial charge on any atom is -0.478 e. The number of hydrogen-bond donors (Lipinski definition) is 1. The number of rotatable bonds is 6. The molecule has 0 radical (unpaired) electrons. The van der Waals surface area contributed by atoms with Crippen molar-refractivity contribution in [2.75, 3.05) is 13.6 Å². The summed E-state index contributed by atoms with van der Waals surface area (Å²) in [5.74, 6) is 0.0504. The molecule has 116 valence electrons. The second kappa shape index (κ2) is 7.60. The third kappa shape index (κ3) is 4.31. The van der Waals surface area contributed by atoms with Crippen molar-refractivity contribution in [1.82, 2.24) is 4.90 Å². The lowest BCUT2D eigenvalue weighted by atomic mass is 9.83. The monoisotopic (exact) mass is 289 g/mol. The van der Waals surface area contributed by atoms with Crippen LogP contribution in [0, 0.1) is 5.92 Å². The molecule has 1 saturated carbocycles. The van der Waals surface area contributed by atoms with E-state index in [1.807, 2.05) is 12.1 Å². The van der Waals surface area contributed by atoms with Crippen LogP contribution in [0.5, 0.6) is 0 Å². The Morgan fingerprint density at radius 1 is 1.33 bits per heavy atom. The third-order valence-corrected chi connectivity index (χ3v) is 4.94. The van der Waals surface area contributed by atoms with Gasteiger partial charge in [-0.15, -0.1) is 0 Å². The van der Waals surface area contributed by atoms with Gasteiger partial charge in [-0.2, -0.15) is 0 Å². The van der Waals surface area contributed by atoms with Crippen LogP contribution in [0.1, 0.15) is 54.9 Å². The predicted octanol–water partition coefficient (Wildman–Crippen LogP) is 3.83. The highest BCUT2D eigenvalue weighted by molar-refractivity contribution is 5.89. The molecule has 0 heterocycles. The van der Waals surface area contributed by atoms with E-state index in [0.717, 1.165) is 24.4 Å². The Balaban J connectivity index is 1.92. The van der Waals surface area contributed by atoms with Crippen LogP contribution < -0.4 is 0 Å². The third-order valence-electron chi connectivity index (χ3n) is 4.94. The lowest BCUT2D eigenvalue weighted by Gasteiger charge is -2.35. The first-order valence-electron chi connectivity index (χ1n) is 8.13. The molecule has 0 aliphatic heterocycles. The summed E-state index contributed by atoms with van der Waals surface area (Å²) in [6.07, 6.45) is 7.39. The van der Waals surface area contributed by atoms with Gasteiger partial charge in [0.25, 0.3) is 0 Å². The molecule has 2 unspecified atom stereocenters. The first-order chi connectivity index (χ1) is 10.1. The Morgan fingerprint density at radius 3 is 2.81 bits per heavy atom. The zero-order valence-corrected chi connectivity index (χ0v) is 13.2. The van der Waals surface area contributed by atoms with E-state index in [9.17, 15) is 9.90 Å². The van der Waals surface area contributed by atoms with Crippen molar-refractivity contribution in [1.29, 1.82) is 0 Å². The number of carboxylic acids is 1. The van der Waals surface area contributed by atoms with Gasteiger partial charge in [0, 0.05) is 12.6 Å². The normalized spacial score (nSPS) is 22.4. The summed E-state index contributed by atoms with van der Waals surface area (Å²) in [6, 6.07) is 8.03. The van der Waals surface area contributed by atoms with Crippen LogP contribution in [0.3, 0.4) is 0 Å². The topological polar surface area (TPSA) is 40.5 Å². The number of aromatic carboxylic acids is 1. The standard InChI is InChI=1S/C18H27NO2/c1-3-14-7-6-9-16(13-14)19(2)12-11-15-8-4-5-10-17(15)18(20)21/h4-5,8,10,14,16H,3,6-7,9,11-13H2,1-2H3,(H,20,21). The van der Waals surface area contributed by atoms with E-state index in [1.165, 1.54) is 32.1 Å². The first-order valence-corrected chi connectivity index (χ1v) is 8.13. The second-order valence-corrected chi connectivity index (χ2v) is 6.29. The van der Waals surface area contributed by atoms with Gasteiger partial charge in [-0.1, -0.05) is 44.4 Å². The zero-order chi connectivity index (χ0) is 15.2. The van der Waals surface area contributed by atoms with Crippen LogP contribution in [0.15, 0.2) is 24.3 Å². The van der Waals surface area contributed by atoms with Crippen LogP contribution in [0.25, 0.3) is 0 Å². The maximum atomic E-state index is 11.2. The van der Waals surface area contributed by atoms with Crippen LogP contribution >= 0.6 is 0 Å². The summed E-state index contributed by atoms with van der Waals surface area (Å²) in [7, 11) is 2.19. The SMILES string of the molecule is CCC1CCCC(N(C)CCc2ccccc2C(=O)O)C1. The van der Waals surface area contributed by atoms with Crippen LogP contribution in [0.2, 0.25) is 0 Å². The molecular weight excluding hydrogens is 262 g/mol. The maximum absolute atomic E-state index is 11.2. The predicted molar refractivity (Wildman–Crippen MR) is 85.8 cm³/mol. The maximum Gasteiger partial charge on any atom is 0.335 e. The molecule has 0 saturated heterocycles. The summed E-state index contributed by atoms with van der Waals surface area (Å²) in [6.45, 7) is 3.22. The van der Waals surface area contributed by atoms with Gasteiger partial charge < -0.3 is 10.0 Å². The fourth-order valence-corrected chi connectivity index (χ4v) is 3.46. The average Bonchev–Trinajstić information content (AvgIpc) is 2.52. The molecule has 2 atom stereocenters. The molecule has 2 rings (SSSR count). The van der Waals surface area contributed by atoms with Gasteiger partial charge in [-0.05, 0) is 43.9 Å². The fraction of sp³-hybridized carbons (Fsp3) is 0.611. The van der Waals surface area contributed by atoms with E-state index in [1.54, 1.807) is 12.1 Å². The Hall–Kier alpha value is -1.35. The second-order valence-electron chi connectivity index (χ2n) is 6.29. The number of carboxylic acid groups (broad SMARTS) is 1. The molecule has 1 fully saturated rings. The molecule has 0 bridgehead atoms. The van der Waals surface area contributed by atoms with Gasteiger partial charge in [0.05, 0.1) is 5.56 Å². The molecule has 3 nitrogen and oxygen atoms in total. The van der Waals surface area contributed by atoms with Crippen LogP contribution in [0.4, 0.5) is 0 Å². The summed E-state index contributed by atoms with van der Waals surface area (Å²) in [4.78, 5) is 13.7. The molecule has 1 aliphatic carbocycles. The molecular formula is C18H27NO2.